The van der Waals surface area contributed by atoms with Crippen molar-refractivity contribution in [3.8, 4) is 0 Å². The normalized spacial score (nSPS) is 11.8. The summed E-state index contributed by atoms with van der Waals surface area (Å²) in [6.07, 6.45) is 1.72. The fourth-order valence-corrected chi connectivity index (χ4v) is 3.39. The van der Waals surface area contributed by atoms with Crippen molar-refractivity contribution in [2.45, 2.75) is 23.5 Å². The number of thioether (sulfide) groups is 1. The molecule has 0 saturated heterocycles. The lowest BCUT2D eigenvalue weighted by atomic mass is 10.2. The van der Waals surface area contributed by atoms with Crippen LogP contribution in [-0.4, -0.2) is 33.9 Å². The number of anilines is 1. The molecule has 0 aliphatic heterocycles. The molecule has 25 heavy (non-hydrogen) atoms. The molecule has 132 valence electrons. The number of sulfonamides is 1. The van der Waals surface area contributed by atoms with Gasteiger partial charge in [-0.25, -0.2) is 23.5 Å². The zero-order chi connectivity index (χ0) is 18.0. The Morgan fingerprint density at radius 1 is 1.24 bits per heavy atom. The van der Waals surface area contributed by atoms with Crippen molar-refractivity contribution in [2.24, 2.45) is 12.2 Å². The van der Waals surface area contributed by atoms with Crippen molar-refractivity contribution < 1.29 is 8.42 Å². The van der Waals surface area contributed by atoms with Gasteiger partial charge in [0.05, 0.1) is 16.5 Å². The van der Waals surface area contributed by atoms with Crippen molar-refractivity contribution in [1.29, 1.82) is 0 Å². The third-order valence-electron chi connectivity index (χ3n) is 3.56. The smallest absolute Gasteiger partial charge is 0.238 e. The molecule has 2 aromatic heterocycles. The van der Waals surface area contributed by atoms with Gasteiger partial charge in [-0.2, -0.15) is 5.10 Å². The Hall–Kier alpha value is -2.17. The number of hydrogen-bond donors (Lipinski definition) is 2. The molecule has 3 N–H and O–H groups in total. The number of hydrogen-bond acceptors (Lipinski definition) is 7. The SMILES string of the molecule is CCSc1nc(NCc2ccc(S(N)(=O)=O)cc2)c2cnn(C)c2n1. The number of primary sulfonamides is 1. The number of nitrogens with zero attached hydrogens (tertiary/aromatic N) is 4. The summed E-state index contributed by atoms with van der Waals surface area (Å²) in [6.45, 7) is 2.53. The Balaban J connectivity index is 1.85. The molecule has 0 radical (unpaired) electrons. The van der Waals surface area contributed by atoms with Crippen LogP contribution in [0.3, 0.4) is 0 Å². The average molecular weight is 378 g/mol. The van der Waals surface area contributed by atoms with Crippen LogP contribution in [0.25, 0.3) is 11.0 Å². The summed E-state index contributed by atoms with van der Waals surface area (Å²) in [5.41, 5.74) is 1.67. The Labute approximate surface area is 149 Å². The van der Waals surface area contributed by atoms with Crippen molar-refractivity contribution in [1.82, 2.24) is 19.7 Å². The van der Waals surface area contributed by atoms with Crippen LogP contribution in [0.2, 0.25) is 0 Å². The minimum atomic E-state index is -3.68. The van der Waals surface area contributed by atoms with E-state index in [1.807, 2.05) is 14.0 Å². The van der Waals surface area contributed by atoms with Gasteiger partial charge >= 0.3 is 0 Å². The Kier molecular flexibility index (Phi) is 4.93. The molecule has 0 saturated carbocycles. The predicted molar refractivity (Wildman–Crippen MR) is 97.8 cm³/mol. The van der Waals surface area contributed by atoms with Gasteiger partial charge in [0, 0.05) is 13.6 Å². The van der Waals surface area contributed by atoms with Crippen molar-refractivity contribution in [3.05, 3.63) is 36.0 Å². The van der Waals surface area contributed by atoms with E-state index in [1.54, 1.807) is 34.8 Å². The third kappa shape index (κ3) is 3.91. The van der Waals surface area contributed by atoms with E-state index in [9.17, 15) is 8.42 Å². The van der Waals surface area contributed by atoms with Gasteiger partial charge < -0.3 is 5.32 Å². The van der Waals surface area contributed by atoms with E-state index in [2.05, 4.69) is 20.4 Å². The van der Waals surface area contributed by atoms with Crippen LogP contribution in [0.4, 0.5) is 5.82 Å². The third-order valence-corrected chi connectivity index (χ3v) is 5.22. The second-order valence-electron chi connectivity index (χ2n) is 5.34. The molecule has 8 nitrogen and oxygen atoms in total. The molecule has 0 atom stereocenters. The van der Waals surface area contributed by atoms with Gasteiger partial charge in [-0.05, 0) is 23.4 Å². The Morgan fingerprint density at radius 3 is 2.60 bits per heavy atom. The first-order valence-corrected chi connectivity index (χ1v) is 10.1. The summed E-state index contributed by atoms with van der Waals surface area (Å²) in [5, 5.41) is 14.1. The van der Waals surface area contributed by atoms with Crippen LogP contribution in [0.15, 0.2) is 40.5 Å². The van der Waals surface area contributed by atoms with Gasteiger partial charge in [-0.15, -0.1) is 0 Å². The first-order chi connectivity index (χ1) is 11.9. The van der Waals surface area contributed by atoms with E-state index in [0.29, 0.717) is 17.5 Å². The summed E-state index contributed by atoms with van der Waals surface area (Å²) in [7, 11) is -1.84. The zero-order valence-electron chi connectivity index (χ0n) is 13.8. The van der Waals surface area contributed by atoms with E-state index in [4.69, 9.17) is 5.14 Å². The number of fused-ring (bicyclic) bond motifs is 1. The molecule has 0 fully saturated rings. The molecule has 2 heterocycles. The van der Waals surface area contributed by atoms with Gasteiger partial charge in [0.25, 0.3) is 0 Å². The second-order valence-corrected chi connectivity index (χ2v) is 8.13. The van der Waals surface area contributed by atoms with E-state index >= 15 is 0 Å². The standard InChI is InChI=1S/C15H18N6O2S2/c1-3-24-15-19-13(12-9-18-21(2)14(12)20-15)17-8-10-4-6-11(7-5-10)25(16,22)23/h4-7,9H,3,8H2,1-2H3,(H2,16,22,23)(H,17,19,20). The molecule has 1 aromatic carbocycles. The number of aryl methyl sites for hydroxylation is 1. The maximum Gasteiger partial charge on any atom is 0.238 e. The molecule has 3 aromatic rings. The number of rotatable bonds is 6. The number of nitrogens with one attached hydrogen (secondary N) is 1. The summed E-state index contributed by atoms with van der Waals surface area (Å²) in [4.78, 5) is 9.15. The quantitative estimate of drug-likeness (QED) is 0.496. The summed E-state index contributed by atoms with van der Waals surface area (Å²) in [5.74, 6) is 1.57. The molecule has 0 aliphatic carbocycles. The molecular weight excluding hydrogens is 360 g/mol. The van der Waals surface area contributed by atoms with Crippen LogP contribution in [-0.2, 0) is 23.6 Å². The zero-order valence-corrected chi connectivity index (χ0v) is 15.4. The fraction of sp³-hybridized carbons (Fsp3) is 0.267. The highest BCUT2D eigenvalue weighted by Gasteiger charge is 2.12. The highest BCUT2D eigenvalue weighted by molar-refractivity contribution is 7.99. The lowest BCUT2D eigenvalue weighted by Crippen LogP contribution is -2.12. The van der Waals surface area contributed by atoms with Gasteiger partial charge in [0.2, 0.25) is 10.0 Å². The van der Waals surface area contributed by atoms with Gasteiger partial charge in [-0.3, -0.25) is 4.68 Å². The van der Waals surface area contributed by atoms with Crippen molar-refractivity contribution in [3.63, 3.8) is 0 Å². The van der Waals surface area contributed by atoms with Crippen LogP contribution < -0.4 is 10.5 Å². The first kappa shape index (κ1) is 17.6. The predicted octanol–water partition coefficient (Wildman–Crippen LogP) is 1.73. The maximum absolute atomic E-state index is 11.3. The Bertz CT molecular complexity index is 999. The van der Waals surface area contributed by atoms with Crippen molar-refractivity contribution >= 4 is 38.6 Å². The molecule has 0 unspecified atom stereocenters. The summed E-state index contributed by atoms with van der Waals surface area (Å²) >= 11 is 1.56. The fourth-order valence-electron chi connectivity index (χ4n) is 2.31. The molecule has 0 aliphatic rings. The van der Waals surface area contributed by atoms with Crippen LogP contribution in [0.5, 0.6) is 0 Å². The van der Waals surface area contributed by atoms with Gasteiger partial charge in [0.15, 0.2) is 10.8 Å². The summed E-state index contributed by atoms with van der Waals surface area (Å²) in [6, 6.07) is 6.42. The lowest BCUT2D eigenvalue weighted by Gasteiger charge is -2.09. The lowest BCUT2D eigenvalue weighted by molar-refractivity contribution is 0.598. The molecule has 10 heteroatoms. The van der Waals surface area contributed by atoms with Crippen LogP contribution in [0, 0.1) is 0 Å². The monoisotopic (exact) mass is 378 g/mol. The number of aromatic nitrogens is 4. The highest BCUT2D eigenvalue weighted by atomic mass is 32.2. The van der Waals surface area contributed by atoms with Crippen LogP contribution >= 0.6 is 11.8 Å². The minimum Gasteiger partial charge on any atom is -0.365 e. The van der Waals surface area contributed by atoms with Crippen LogP contribution in [0.1, 0.15) is 12.5 Å². The van der Waals surface area contributed by atoms with E-state index in [-0.39, 0.29) is 4.90 Å². The molecule has 3 rings (SSSR count). The van der Waals surface area contributed by atoms with E-state index in [1.165, 1.54) is 12.1 Å². The molecule has 0 amide bonds. The van der Waals surface area contributed by atoms with E-state index < -0.39 is 10.0 Å². The van der Waals surface area contributed by atoms with E-state index in [0.717, 1.165) is 22.3 Å². The average Bonchev–Trinajstić information content (AvgIpc) is 2.94. The molecule has 0 spiro atoms. The van der Waals surface area contributed by atoms with Crippen molar-refractivity contribution in [2.75, 3.05) is 11.1 Å². The molecular formula is C15H18N6O2S2. The first-order valence-electron chi connectivity index (χ1n) is 7.56. The second kappa shape index (κ2) is 6.98. The van der Waals surface area contributed by atoms with Gasteiger partial charge in [-0.1, -0.05) is 30.8 Å². The number of benzene rings is 1. The Morgan fingerprint density at radius 2 is 1.96 bits per heavy atom. The largest absolute Gasteiger partial charge is 0.365 e. The maximum atomic E-state index is 11.3. The van der Waals surface area contributed by atoms with Gasteiger partial charge in [0.1, 0.15) is 5.82 Å². The summed E-state index contributed by atoms with van der Waals surface area (Å²) < 4.78 is 24.3. The molecule has 0 bridgehead atoms. The number of nitrogens with two attached hydrogens (primary N) is 1. The highest BCUT2D eigenvalue weighted by Crippen LogP contribution is 2.24. The minimum absolute atomic E-state index is 0.0922. The topological polar surface area (TPSA) is 116 Å².